The van der Waals surface area contributed by atoms with Gasteiger partial charge in [0.1, 0.15) is 0 Å². The highest BCUT2D eigenvalue weighted by molar-refractivity contribution is 5.21. The van der Waals surface area contributed by atoms with Crippen LogP contribution < -0.4 is 0 Å². The van der Waals surface area contributed by atoms with Crippen molar-refractivity contribution in [1.82, 2.24) is 9.88 Å². The molecule has 1 aromatic rings. The topological polar surface area (TPSA) is 45.6 Å². The molecule has 0 saturated carbocycles. The quantitative estimate of drug-likeness (QED) is 0.812. The summed E-state index contributed by atoms with van der Waals surface area (Å²) in [6.45, 7) is 5.50. The van der Waals surface area contributed by atoms with Gasteiger partial charge >= 0.3 is 0 Å². The van der Waals surface area contributed by atoms with Crippen molar-refractivity contribution in [2.75, 3.05) is 26.3 Å². The van der Waals surface area contributed by atoms with E-state index in [4.69, 9.17) is 9.84 Å². The van der Waals surface area contributed by atoms with Gasteiger partial charge in [-0.2, -0.15) is 0 Å². The number of aryl methyl sites for hydroxylation is 1. The van der Waals surface area contributed by atoms with Gasteiger partial charge in [0.05, 0.1) is 19.3 Å². The molecule has 1 aliphatic heterocycles. The van der Waals surface area contributed by atoms with E-state index < -0.39 is 0 Å². The van der Waals surface area contributed by atoms with Gasteiger partial charge in [0.25, 0.3) is 0 Å². The molecule has 1 aliphatic rings. The summed E-state index contributed by atoms with van der Waals surface area (Å²) in [5.74, 6) is 0. The minimum absolute atomic E-state index is 0.0364. The van der Waals surface area contributed by atoms with Crippen molar-refractivity contribution in [3.63, 3.8) is 0 Å². The second-order valence-corrected chi connectivity index (χ2v) is 4.21. The fourth-order valence-electron chi connectivity index (χ4n) is 1.94. The lowest BCUT2D eigenvalue weighted by Gasteiger charge is -2.32. The van der Waals surface area contributed by atoms with Gasteiger partial charge in [-0.1, -0.05) is 0 Å². The molecule has 1 saturated heterocycles. The van der Waals surface area contributed by atoms with Crippen molar-refractivity contribution in [3.05, 3.63) is 29.6 Å². The summed E-state index contributed by atoms with van der Waals surface area (Å²) in [5, 5.41) is 9.07. The molecule has 1 N–H and O–H groups in total. The largest absolute Gasteiger partial charge is 0.394 e. The standard InChI is InChI=1S/C12H18N2O2/c1-10-2-3-13-6-11(10)7-14-4-5-16-12(8-14)9-15/h2-3,6,12,15H,4-5,7-9H2,1H3. The zero-order valence-electron chi connectivity index (χ0n) is 9.59. The van der Waals surface area contributed by atoms with Crippen LogP contribution >= 0.6 is 0 Å². The summed E-state index contributed by atoms with van der Waals surface area (Å²) in [5.41, 5.74) is 2.52. The Kier molecular flexibility index (Phi) is 3.88. The molecular weight excluding hydrogens is 204 g/mol. The first-order valence-corrected chi connectivity index (χ1v) is 5.64. The van der Waals surface area contributed by atoms with E-state index in [2.05, 4.69) is 16.8 Å². The molecule has 1 aromatic heterocycles. The molecule has 0 bridgehead atoms. The maximum Gasteiger partial charge on any atom is 0.0933 e. The van der Waals surface area contributed by atoms with Gasteiger partial charge in [0.15, 0.2) is 0 Å². The Balaban J connectivity index is 1.97. The maximum atomic E-state index is 9.07. The van der Waals surface area contributed by atoms with Gasteiger partial charge in [-0.05, 0) is 24.1 Å². The highest BCUT2D eigenvalue weighted by atomic mass is 16.5. The van der Waals surface area contributed by atoms with Crippen LogP contribution in [0.3, 0.4) is 0 Å². The highest BCUT2D eigenvalue weighted by Crippen LogP contribution is 2.12. The summed E-state index contributed by atoms with van der Waals surface area (Å²) >= 11 is 0. The first-order valence-electron chi connectivity index (χ1n) is 5.64. The third-order valence-electron chi connectivity index (χ3n) is 2.97. The lowest BCUT2D eigenvalue weighted by Crippen LogP contribution is -2.43. The molecule has 4 heteroatoms. The van der Waals surface area contributed by atoms with E-state index in [1.54, 1.807) is 0 Å². The van der Waals surface area contributed by atoms with E-state index in [0.29, 0.717) is 6.61 Å². The molecule has 0 aliphatic carbocycles. The van der Waals surface area contributed by atoms with Crippen molar-refractivity contribution in [1.29, 1.82) is 0 Å². The number of hydrogen-bond donors (Lipinski definition) is 1. The van der Waals surface area contributed by atoms with Crippen LogP contribution in [0.4, 0.5) is 0 Å². The summed E-state index contributed by atoms with van der Waals surface area (Å²) in [4.78, 5) is 6.44. The average Bonchev–Trinajstić information content (AvgIpc) is 2.32. The molecule has 2 heterocycles. The summed E-state index contributed by atoms with van der Waals surface area (Å²) in [7, 11) is 0. The summed E-state index contributed by atoms with van der Waals surface area (Å²) in [6, 6.07) is 2.03. The van der Waals surface area contributed by atoms with E-state index in [-0.39, 0.29) is 12.7 Å². The fourth-order valence-corrected chi connectivity index (χ4v) is 1.94. The number of pyridine rings is 1. The SMILES string of the molecule is Cc1ccncc1CN1CCOC(CO)C1. The van der Waals surface area contributed by atoms with E-state index in [0.717, 1.165) is 19.6 Å². The van der Waals surface area contributed by atoms with Crippen molar-refractivity contribution in [2.45, 2.75) is 19.6 Å². The third kappa shape index (κ3) is 2.78. The Morgan fingerprint density at radius 3 is 3.25 bits per heavy atom. The van der Waals surface area contributed by atoms with Gasteiger partial charge in [0.2, 0.25) is 0 Å². The first kappa shape index (κ1) is 11.5. The Labute approximate surface area is 95.9 Å². The van der Waals surface area contributed by atoms with Crippen LogP contribution in [0.15, 0.2) is 18.5 Å². The zero-order chi connectivity index (χ0) is 11.4. The van der Waals surface area contributed by atoms with Crippen molar-refractivity contribution in [3.8, 4) is 0 Å². The molecule has 1 fully saturated rings. The number of aliphatic hydroxyl groups is 1. The lowest BCUT2D eigenvalue weighted by molar-refractivity contribution is -0.0551. The van der Waals surface area contributed by atoms with Crippen molar-refractivity contribution < 1.29 is 9.84 Å². The van der Waals surface area contributed by atoms with E-state index in [1.165, 1.54) is 11.1 Å². The molecule has 88 valence electrons. The summed E-state index contributed by atoms with van der Waals surface area (Å²) < 4.78 is 5.42. The first-order chi connectivity index (χ1) is 7.79. The van der Waals surface area contributed by atoms with Gasteiger partial charge < -0.3 is 9.84 Å². The van der Waals surface area contributed by atoms with E-state index >= 15 is 0 Å². The van der Waals surface area contributed by atoms with Crippen molar-refractivity contribution >= 4 is 0 Å². The molecule has 0 spiro atoms. The van der Waals surface area contributed by atoms with Gasteiger partial charge in [0, 0.05) is 32.0 Å². The smallest absolute Gasteiger partial charge is 0.0933 e. The molecule has 0 amide bonds. The number of aromatic nitrogens is 1. The van der Waals surface area contributed by atoms with Crippen LogP contribution in [0.5, 0.6) is 0 Å². The van der Waals surface area contributed by atoms with Gasteiger partial charge in [-0.25, -0.2) is 0 Å². The minimum Gasteiger partial charge on any atom is -0.394 e. The van der Waals surface area contributed by atoms with Crippen LogP contribution in [0.1, 0.15) is 11.1 Å². The van der Waals surface area contributed by atoms with Crippen LogP contribution in [0.2, 0.25) is 0 Å². The summed E-state index contributed by atoms with van der Waals surface area (Å²) in [6.07, 6.45) is 3.69. The molecule has 0 radical (unpaired) electrons. The third-order valence-corrected chi connectivity index (χ3v) is 2.97. The fraction of sp³-hybridized carbons (Fsp3) is 0.583. The number of aliphatic hydroxyl groups excluding tert-OH is 1. The predicted molar refractivity (Wildman–Crippen MR) is 61.1 cm³/mol. The number of rotatable bonds is 3. The molecule has 1 unspecified atom stereocenters. The van der Waals surface area contributed by atoms with E-state index in [1.807, 2.05) is 18.5 Å². The monoisotopic (exact) mass is 222 g/mol. The average molecular weight is 222 g/mol. The number of nitrogens with zero attached hydrogens (tertiary/aromatic N) is 2. The number of morpholine rings is 1. The number of ether oxygens (including phenoxy) is 1. The maximum absolute atomic E-state index is 9.07. The molecule has 4 nitrogen and oxygen atoms in total. The molecule has 0 aromatic carbocycles. The second kappa shape index (κ2) is 5.39. The Morgan fingerprint density at radius 2 is 2.50 bits per heavy atom. The molecule has 1 atom stereocenters. The van der Waals surface area contributed by atoms with Gasteiger partial charge in [-0.3, -0.25) is 9.88 Å². The Morgan fingerprint density at radius 1 is 1.62 bits per heavy atom. The minimum atomic E-state index is -0.0364. The van der Waals surface area contributed by atoms with Crippen LogP contribution in [0, 0.1) is 6.92 Å². The molecular formula is C12H18N2O2. The van der Waals surface area contributed by atoms with Crippen LogP contribution in [0.25, 0.3) is 0 Å². The number of hydrogen-bond acceptors (Lipinski definition) is 4. The normalized spacial score (nSPS) is 22.2. The molecule has 2 rings (SSSR count). The van der Waals surface area contributed by atoms with Crippen molar-refractivity contribution in [2.24, 2.45) is 0 Å². The van der Waals surface area contributed by atoms with Gasteiger partial charge in [-0.15, -0.1) is 0 Å². The van der Waals surface area contributed by atoms with Crippen LogP contribution in [-0.2, 0) is 11.3 Å². The lowest BCUT2D eigenvalue weighted by atomic mass is 10.1. The zero-order valence-corrected chi connectivity index (χ0v) is 9.59. The predicted octanol–water partition coefficient (Wildman–Crippen LogP) is 0.583. The Hall–Kier alpha value is -0.970. The molecule has 16 heavy (non-hydrogen) atoms. The Bertz CT molecular complexity index is 344. The highest BCUT2D eigenvalue weighted by Gasteiger charge is 2.19. The van der Waals surface area contributed by atoms with E-state index in [9.17, 15) is 0 Å². The second-order valence-electron chi connectivity index (χ2n) is 4.21. The van der Waals surface area contributed by atoms with Crippen LogP contribution in [-0.4, -0.2) is 47.4 Å².